The summed E-state index contributed by atoms with van der Waals surface area (Å²) >= 11 is 0. The Morgan fingerprint density at radius 1 is 0.282 bits per heavy atom. The van der Waals surface area contributed by atoms with Gasteiger partial charge in [-0.3, -0.25) is 14.4 Å². The molecule has 0 heterocycles. The third-order valence-electron chi connectivity index (χ3n) is 13.5. The van der Waals surface area contributed by atoms with Gasteiger partial charge >= 0.3 is 17.9 Å². The van der Waals surface area contributed by atoms with E-state index in [4.69, 9.17) is 14.2 Å². The van der Waals surface area contributed by atoms with E-state index in [-0.39, 0.29) is 31.1 Å². The Morgan fingerprint density at radius 2 is 0.521 bits per heavy atom. The summed E-state index contributed by atoms with van der Waals surface area (Å²) in [5.41, 5.74) is 0. The number of hydrogen-bond donors (Lipinski definition) is 0. The maximum absolute atomic E-state index is 12.9. The van der Waals surface area contributed by atoms with E-state index in [1.54, 1.807) is 0 Å². The summed E-state index contributed by atoms with van der Waals surface area (Å²) in [5.74, 6) is -0.885. The van der Waals surface area contributed by atoms with Crippen LogP contribution in [0.5, 0.6) is 0 Å². The van der Waals surface area contributed by atoms with Gasteiger partial charge in [-0.2, -0.15) is 0 Å². The van der Waals surface area contributed by atoms with E-state index in [9.17, 15) is 14.4 Å². The minimum atomic E-state index is -0.782. The smallest absolute Gasteiger partial charge is 0.306 e. The minimum absolute atomic E-state index is 0.0801. The number of carbonyl (C=O) groups is 3. The van der Waals surface area contributed by atoms with Crippen LogP contribution in [0.25, 0.3) is 0 Å². The van der Waals surface area contributed by atoms with Crippen LogP contribution < -0.4 is 0 Å². The Kier molecular flexibility index (Phi) is 57.2. The van der Waals surface area contributed by atoms with E-state index in [0.29, 0.717) is 19.3 Å². The highest BCUT2D eigenvalue weighted by Gasteiger charge is 2.19. The molecule has 0 fully saturated rings. The van der Waals surface area contributed by atoms with Crippen molar-refractivity contribution in [2.45, 2.75) is 322 Å². The third kappa shape index (κ3) is 57.9. The highest BCUT2D eigenvalue weighted by atomic mass is 16.6. The first-order valence-electron chi connectivity index (χ1n) is 30.8. The zero-order valence-corrected chi connectivity index (χ0v) is 47.2. The van der Waals surface area contributed by atoms with Crippen molar-refractivity contribution < 1.29 is 28.6 Å². The molecule has 0 saturated carbocycles. The van der Waals surface area contributed by atoms with Crippen molar-refractivity contribution in [3.63, 3.8) is 0 Å². The molecule has 0 aromatic heterocycles. The Hall–Kier alpha value is -2.89. The van der Waals surface area contributed by atoms with Crippen LogP contribution in [0.4, 0.5) is 0 Å². The first kappa shape index (κ1) is 68.1. The molecule has 0 rings (SSSR count). The SMILES string of the molecule is CCCC/C=C\C/C=C\CCCCCCCC(=O)OCC(COC(=O)CCCCCCCCCC/C=C\C/C=C\C/C=C\CCCCCCC)OC(=O)CCCCCCCCCCCCCCCCCC. The molecule has 0 saturated heterocycles. The van der Waals surface area contributed by atoms with Gasteiger partial charge in [-0.25, -0.2) is 0 Å². The molecule has 1 unspecified atom stereocenters. The van der Waals surface area contributed by atoms with Gasteiger partial charge in [0.1, 0.15) is 13.2 Å². The third-order valence-corrected chi connectivity index (χ3v) is 13.5. The number of hydrogen-bond acceptors (Lipinski definition) is 6. The number of allylic oxidation sites excluding steroid dienone is 10. The fourth-order valence-corrected chi connectivity index (χ4v) is 8.82. The topological polar surface area (TPSA) is 78.9 Å². The second-order valence-corrected chi connectivity index (χ2v) is 20.6. The average molecular weight is 994 g/mol. The van der Waals surface area contributed by atoms with Crippen LogP contribution in [-0.2, 0) is 28.6 Å². The molecule has 6 heteroatoms. The quantitative estimate of drug-likeness (QED) is 0.0261. The van der Waals surface area contributed by atoms with E-state index in [2.05, 4.69) is 81.5 Å². The maximum atomic E-state index is 12.9. The first-order chi connectivity index (χ1) is 35.0. The minimum Gasteiger partial charge on any atom is -0.462 e. The van der Waals surface area contributed by atoms with Crippen LogP contribution in [0, 0.1) is 0 Å². The number of esters is 3. The number of carbonyl (C=O) groups excluding carboxylic acids is 3. The summed E-state index contributed by atoms with van der Waals surface area (Å²) in [7, 11) is 0. The van der Waals surface area contributed by atoms with Crippen molar-refractivity contribution in [3.8, 4) is 0 Å². The monoisotopic (exact) mass is 993 g/mol. The second-order valence-electron chi connectivity index (χ2n) is 20.6. The standard InChI is InChI=1S/C65H116O6/c1-4-7-10-13-16-19-22-25-28-30-31-32-33-34-35-36-38-40-43-46-49-52-55-58-64(67)70-61-62(60-69-63(66)57-54-51-48-45-42-39-27-24-21-18-15-12-9-6-3)71-65(68)59-56-53-50-47-44-41-37-29-26-23-20-17-14-11-8-5-2/h15,18,22,24-25,27,30-31,33-34,62H,4-14,16-17,19-21,23,26,28-29,32,35-61H2,1-3H3/b18-15-,25-22-,27-24-,31-30-,34-33-. The Labute approximate surface area is 440 Å². The molecule has 0 N–H and O–H groups in total. The highest BCUT2D eigenvalue weighted by molar-refractivity contribution is 5.71. The first-order valence-corrected chi connectivity index (χ1v) is 30.8. The van der Waals surface area contributed by atoms with E-state index >= 15 is 0 Å². The van der Waals surface area contributed by atoms with Gasteiger partial charge in [0.05, 0.1) is 0 Å². The van der Waals surface area contributed by atoms with E-state index in [1.165, 1.54) is 180 Å². The van der Waals surface area contributed by atoms with Crippen molar-refractivity contribution in [2.24, 2.45) is 0 Å². The Bertz CT molecular complexity index is 1280. The van der Waals surface area contributed by atoms with Crippen LogP contribution in [0.15, 0.2) is 60.8 Å². The second kappa shape index (κ2) is 59.7. The molecule has 412 valence electrons. The van der Waals surface area contributed by atoms with Gasteiger partial charge in [0.25, 0.3) is 0 Å². The van der Waals surface area contributed by atoms with Crippen LogP contribution in [-0.4, -0.2) is 37.2 Å². The molecule has 0 spiro atoms. The summed E-state index contributed by atoms with van der Waals surface area (Å²) in [4.78, 5) is 38.2. The number of rotatable bonds is 56. The summed E-state index contributed by atoms with van der Waals surface area (Å²) in [6.45, 7) is 6.61. The zero-order valence-electron chi connectivity index (χ0n) is 47.2. The molecule has 0 amide bonds. The molecule has 0 aromatic rings. The largest absolute Gasteiger partial charge is 0.462 e. The molecule has 0 aromatic carbocycles. The van der Waals surface area contributed by atoms with Crippen LogP contribution >= 0.6 is 0 Å². The number of ether oxygens (including phenoxy) is 3. The summed E-state index contributed by atoms with van der Waals surface area (Å²) in [5, 5.41) is 0. The van der Waals surface area contributed by atoms with E-state index in [1.807, 2.05) is 0 Å². The predicted molar refractivity (Wildman–Crippen MR) is 307 cm³/mol. The Morgan fingerprint density at radius 3 is 0.831 bits per heavy atom. The lowest BCUT2D eigenvalue weighted by Gasteiger charge is -2.18. The zero-order chi connectivity index (χ0) is 51.4. The number of unbranched alkanes of at least 4 members (excludes halogenated alkanes) is 35. The lowest BCUT2D eigenvalue weighted by molar-refractivity contribution is -0.167. The van der Waals surface area contributed by atoms with Crippen LogP contribution in [0.1, 0.15) is 316 Å². The fraction of sp³-hybridized carbons (Fsp3) is 0.800. The molecule has 0 bridgehead atoms. The van der Waals surface area contributed by atoms with Gasteiger partial charge in [0.2, 0.25) is 0 Å². The maximum Gasteiger partial charge on any atom is 0.306 e. The van der Waals surface area contributed by atoms with Gasteiger partial charge in [-0.05, 0) is 83.5 Å². The summed E-state index contributed by atoms with van der Waals surface area (Å²) < 4.78 is 16.9. The Balaban J connectivity index is 4.34. The van der Waals surface area contributed by atoms with E-state index in [0.717, 1.165) is 96.3 Å². The normalized spacial score (nSPS) is 12.4. The van der Waals surface area contributed by atoms with Crippen molar-refractivity contribution in [3.05, 3.63) is 60.8 Å². The predicted octanol–water partition coefficient (Wildman–Crippen LogP) is 20.8. The van der Waals surface area contributed by atoms with Crippen LogP contribution in [0.2, 0.25) is 0 Å². The summed E-state index contributed by atoms with van der Waals surface area (Å²) in [6, 6.07) is 0. The molecule has 6 nitrogen and oxygen atoms in total. The van der Waals surface area contributed by atoms with Crippen molar-refractivity contribution in [2.75, 3.05) is 13.2 Å². The van der Waals surface area contributed by atoms with Gasteiger partial charge in [-0.15, -0.1) is 0 Å². The van der Waals surface area contributed by atoms with Gasteiger partial charge in [-0.1, -0.05) is 274 Å². The van der Waals surface area contributed by atoms with Crippen molar-refractivity contribution in [1.29, 1.82) is 0 Å². The molecular weight excluding hydrogens is 877 g/mol. The molecule has 0 aliphatic carbocycles. The van der Waals surface area contributed by atoms with Crippen molar-refractivity contribution >= 4 is 17.9 Å². The molecular formula is C65H116O6. The van der Waals surface area contributed by atoms with Gasteiger partial charge in [0.15, 0.2) is 6.10 Å². The van der Waals surface area contributed by atoms with Gasteiger partial charge < -0.3 is 14.2 Å². The molecule has 71 heavy (non-hydrogen) atoms. The van der Waals surface area contributed by atoms with E-state index < -0.39 is 6.10 Å². The lowest BCUT2D eigenvalue weighted by atomic mass is 10.0. The lowest BCUT2D eigenvalue weighted by Crippen LogP contribution is -2.30. The molecule has 0 aliphatic rings. The molecule has 0 radical (unpaired) electrons. The van der Waals surface area contributed by atoms with Crippen molar-refractivity contribution in [1.82, 2.24) is 0 Å². The average Bonchev–Trinajstić information content (AvgIpc) is 3.37. The van der Waals surface area contributed by atoms with Crippen LogP contribution in [0.3, 0.4) is 0 Å². The highest BCUT2D eigenvalue weighted by Crippen LogP contribution is 2.16. The summed E-state index contributed by atoms with van der Waals surface area (Å²) in [6.07, 6.45) is 75.0. The molecule has 0 aliphatic heterocycles. The fourth-order valence-electron chi connectivity index (χ4n) is 8.82. The molecule has 1 atom stereocenters. The van der Waals surface area contributed by atoms with Gasteiger partial charge in [0, 0.05) is 19.3 Å².